The Hall–Kier alpha value is -0.700. The molecule has 2 nitrogen and oxygen atoms in total. The van der Waals surface area contributed by atoms with Crippen LogP contribution in [0.5, 0.6) is 0 Å². The molecule has 0 bridgehead atoms. The molecule has 16 heavy (non-hydrogen) atoms. The maximum absolute atomic E-state index is 3.69. The maximum Gasteiger partial charge on any atom is 0.0751 e. The quantitative estimate of drug-likeness (QED) is 0.845. The van der Waals surface area contributed by atoms with Gasteiger partial charge in [-0.25, -0.2) is 0 Å². The summed E-state index contributed by atoms with van der Waals surface area (Å²) in [5.74, 6) is 0. The van der Waals surface area contributed by atoms with E-state index in [1.54, 1.807) is 0 Å². The van der Waals surface area contributed by atoms with Crippen LogP contribution in [0.15, 0.2) is 22.7 Å². The van der Waals surface area contributed by atoms with Crippen molar-refractivity contribution in [3.63, 3.8) is 0 Å². The number of hydrogen-bond acceptors (Lipinski definition) is 2. The fraction of sp³-hybridized carbons (Fsp3) is 0.538. The Morgan fingerprint density at radius 2 is 2.25 bits per heavy atom. The van der Waals surface area contributed by atoms with E-state index < -0.39 is 0 Å². The van der Waals surface area contributed by atoms with Gasteiger partial charge in [-0.1, -0.05) is 6.07 Å². The molecule has 0 amide bonds. The third kappa shape index (κ3) is 1.30. The topological polar surface area (TPSA) is 15.3 Å². The van der Waals surface area contributed by atoms with Crippen molar-refractivity contribution in [2.24, 2.45) is 0 Å². The molecule has 1 fully saturated rings. The first-order chi connectivity index (χ1) is 7.77. The first-order valence-corrected chi connectivity index (χ1v) is 6.86. The number of para-hydroxylation sites is 1. The third-order valence-electron chi connectivity index (χ3n) is 4.04. The van der Waals surface area contributed by atoms with E-state index in [9.17, 15) is 0 Å². The first kappa shape index (κ1) is 10.5. The van der Waals surface area contributed by atoms with E-state index in [1.807, 2.05) is 0 Å². The Morgan fingerprint density at radius 3 is 2.88 bits per heavy atom. The number of halogens is 1. The highest BCUT2D eigenvalue weighted by atomic mass is 79.9. The molecule has 0 atom stereocenters. The number of fused-ring (bicyclic) bond motifs is 1. The molecule has 1 aromatic rings. The lowest BCUT2D eigenvalue weighted by atomic mass is 9.73. The molecule has 3 rings (SSSR count). The van der Waals surface area contributed by atoms with Gasteiger partial charge in [0.25, 0.3) is 0 Å². The lowest BCUT2D eigenvalue weighted by Gasteiger charge is -2.55. The average Bonchev–Trinajstić information content (AvgIpc) is 2.25. The molecule has 1 aromatic carbocycles. The molecule has 1 N–H and O–H groups in total. The van der Waals surface area contributed by atoms with Gasteiger partial charge >= 0.3 is 0 Å². The zero-order valence-corrected chi connectivity index (χ0v) is 11.2. The molecule has 1 aliphatic heterocycles. The van der Waals surface area contributed by atoms with Crippen LogP contribution in [-0.4, -0.2) is 18.6 Å². The van der Waals surface area contributed by atoms with Gasteiger partial charge in [0.1, 0.15) is 0 Å². The van der Waals surface area contributed by atoms with Crippen LogP contribution in [0.2, 0.25) is 0 Å². The Bertz CT molecular complexity index is 412. The van der Waals surface area contributed by atoms with Crippen molar-refractivity contribution in [3.8, 4) is 0 Å². The van der Waals surface area contributed by atoms with Gasteiger partial charge < -0.3 is 10.2 Å². The van der Waals surface area contributed by atoms with Crippen LogP contribution >= 0.6 is 15.9 Å². The zero-order chi connectivity index (χ0) is 11.2. The van der Waals surface area contributed by atoms with E-state index in [1.165, 1.54) is 35.1 Å². The Balaban J connectivity index is 2.09. The number of rotatable bonds is 1. The summed E-state index contributed by atoms with van der Waals surface area (Å²) in [6.07, 6.45) is 4.03. The minimum atomic E-state index is 0.394. The monoisotopic (exact) mass is 280 g/mol. The SMILES string of the molecule is CCN1c2c(Br)cccc2NCC12CCC2. The van der Waals surface area contributed by atoms with Gasteiger partial charge in [0.15, 0.2) is 0 Å². The van der Waals surface area contributed by atoms with Crippen molar-refractivity contribution in [1.82, 2.24) is 0 Å². The minimum absolute atomic E-state index is 0.394. The summed E-state index contributed by atoms with van der Waals surface area (Å²) in [6, 6.07) is 6.41. The van der Waals surface area contributed by atoms with E-state index in [2.05, 4.69) is 51.3 Å². The highest BCUT2D eigenvalue weighted by Gasteiger charge is 2.45. The van der Waals surface area contributed by atoms with Crippen LogP contribution in [-0.2, 0) is 0 Å². The summed E-state index contributed by atoms with van der Waals surface area (Å²) in [5.41, 5.74) is 3.02. The average molecular weight is 281 g/mol. The van der Waals surface area contributed by atoms with E-state index >= 15 is 0 Å². The second-order valence-corrected chi connectivity index (χ2v) is 5.67. The van der Waals surface area contributed by atoms with Crippen LogP contribution in [0, 0.1) is 0 Å². The van der Waals surface area contributed by atoms with Crippen LogP contribution in [0.25, 0.3) is 0 Å². The molecule has 0 aromatic heterocycles. The fourth-order valence-electron chi connectivity index (χ4n) is 3.05. The number of hydrogen-bond donors (Lipinski definition) is 1. The van der Waals surface area contributed by atoms with Crippen molar-refractivity contribution >= 4 is 27.3 Å². The van der Waals surface area contributed by atoms with Crippen molar-refractivity contribution in [1.29, 1.82) is 0 Å². The van der Waals surface area contributed by atoms with E-state index in [0.29, 0.717) is 5.54 Å². The molecule has 0 radical (unpaired) electrons. The summed E-state index contributed by atoms with van der Waals surface area (Å²) in [4.78, 5) is 2.59. The molecular weight excluding hydrogens is 264 g/mol. The van der Waals surface area contributed by atoms with Gasteiger partial charge in [0.05, 0.1) is 16.9 Å². The fourth-order valence-corrected chi connectivity index (χ4v) is 3.63. The molecule has 0 saturated heterocycles. The summed E-state index contributed by atoms with van der Waals surface area (Å²) >= 11 is 3.69. The van der Waals surface area contributed by atoms with Crippen molar-refractivity contribution < 1.29 is 0 Å². The van der Waals surface area contributed by atoms with E-state index in [4.69, 9.17) is 0 Å². The Labute approximate surface area is 105 Å². The van der Waals surface area contributed by atoms with Crippen LogP contribution in [0.4, 0.5) is 11.4 Å². The highest BCUT2D eigenvalue weighted by Crippen LogP contribution is 2.48. The number of benzene rings is 1. The smallest absolute Gasteiger partial charge is 0.0751 e. The van der Waals surface area contributed by atoms with Crippen molar-refractivity contribution in [3.05, 3.63) is 22.7 Å². The third-order valence-corrected chi connectivity index (χ3v) is 4.68. The minimum Gasteiger partial charge on any atom is -0.381 e. The molecule has 1 heterocycles. The number of anilines is 2. The summed E-state index contributed by atoms with van der Waals surface area (Å²) in [7, 11) is 0. The number of nitrogens with one attached hydrogen (secondary N) is 1. The predicted octanol–water partition coefficient (Wildman–Crippen LogP) is 3.62. The van der Waals surface area contributed by atoms with E-state index in [-0.39, 0.29) is 0 Å². The molecular formula is C13H17BrN2. The second kappa shape index (κ2) is 3.66. The molecule has 1 aliphatic carbocycles. The number of likely N-dealkylation sites (N-methyl/N-ethyl adjacent to an activating group) is 1. The van der Waals surface area contributed by atoms with Gasteiger partial charge in [-0.2, -0.15) is 0 Å². The predicted molar refractivity (Wildman–Crippen MR) is 72.2 cm³/mol. The molecule has 3 heteroatoms. The molecule has 2 aliphatic rings. The zero-order valence-electron chi connectivity index (χ0n) is 9.59. The molecule has 1 saturated carbocycles. The van der Waals surface area contributed by atoms with Crippen molar-refractivity contribution in [2.75, 3.05) is 23.3 Å². The van der Waals surface area contributed by atoms with Gasteiger partial charge in [-0.15, -0.1) is 0 Å². The number of nitrogens with zero attached hydrogens (tertiary/aromatic N) is 1. The van der Waals surface area contributed by atoms with Gasteiger partial charge in [0.2, 0.25) is 0 Å². The lowest BCUT2D eigenvalue weighted by Crippen LogP contribution is -2.60. The van der Waals surface area contributed by atoms with Crippen molar-refractivity contribution in [2.45, 2.75) is 31.7 Å². The normalized spacial score (nSPS) is 21.2. The first-order valence-electron chi connectivity index (χ1n) is 6.07. The van der Waals surface area contributed by atoms with Gasteiger partial charge in [0, 0.05) is 17.6 Å². The standard InChI is InChI=1S/C13H17BrN2/c1-2-16-12-10(14)5-3-6-11(12)15-9-13(16)7-4-8-13/h3,5-6,15H,2,4,7-9H2,1H3. The van der Waals surface area contributed by atoms with Crippen LogP contribution in [0.1, 0.15) is 26.2 Å². The molecule has 86 valence electrons. The Morgan fingerprint density at radius 1 is 1.44 bits per heavy atom. The van der Waals surface area contributed by atoms with Crippen LogP contribution in [0.3, 0.4) is 0 Å². The maximum atomic E-state index is 3.69. The summed E-state index contributed by atoms with van der Waals surface area (Å²) in [5, 5.41) is 3.59. The van der Waals surface area contributed by atoms with Gasteiger partial charge in [-0.05, 0) is 54.2 Å². The summed E-state index contributed by atoms with van der Waals surface area (Å²) < 4.78 is 1.21. The van der Waals surface area contributed by atoms with Gasteiger partial charge in [-0.3, -0.25) is 0 Å². The Kier molecular flexibility index (Phi) is 2.39. The molecule has 1 spiro atoms. The summed E-state index contributed by atoms with van der Waals surface area (Å²) in [6.45, 7) is 4.45. The van der Waals surface area contributed by atoms with Crippen LogP contribution < -0.4 is 10.2 Å². The lowest BCUT2D eigenvalue weighted by molar-refractivity contribution is 0.240. The second-order valence-electron chi connectivity index (χ2n) is 4.81. The van der Waals surface area contributed by atoms with E-state index in [0.717, 1.165) is 13.1 Å². The highest BCUT2D eigenvalue weighted by molar-refractivity contribution is 9.10. The molecule has 0 unspecified atom stereocenters. The largest absolute Gasteiger partial charge is 0.381 e.